The maximum absolute atomic E-state index is 12.8. The molecule has 0 fully saturated rings. The summed E-state index contributed by atoms with van der Waals surface area (Å²) in [5.74, 6) is -0.774. The Morgan fingerprint density at radius 3 is 0.985 bits per heavy atom. The second-order valence-electron chi connectivity index (χ2n) is 20.7. The smallest absolute Gasteiger partial charge is 0.462 e. The number of hydrogen-bond donors (Lipinski definition) is 1. The van der Waals surface area contributed by atoms with Gasteiger partial charge in [-0.3, -0.25) is 18.6 Å². The van der Waals surface area contributed by atoms with Gasteiger partial charge < -0.3 is 18.9 Å². The average Bonchev–Trinajstić information content (AvgIpc) is 3.26. The average molecular weight is 945 g/mol. The molecule has 10 heteroatoms. The van der Waals surface area contributed by atoms with Crippen LogP contribution in [0.4, 0.5) is 0 Å². The van der Waals surface area contributed by atoms with Crippen molar-refractivity contribution in [1.29, 1.82) is 0 Å². The van der Waals surface area contributed by atoms with Crippen LogP contribution in [-0.4, -0.2) is 74.9 Å². The number of hydrogen-bond acceptors (Lipinski definition) is 7. The molecule has 0 heterocycles. The first kappa shape index (κ1) is 64.0. The van der Waals surface area contributed by atoms with Crippen LogP contribution < -0.4 is 0 Å². The molecule has 0 radical (unpaired) electrons. The third-order valence-electron chi connectivity index (χ3n) is 12.9. The van der Waals surface area contributed by atoms with Gasteiger partial charge >= 0.3 is 19.8 Å². The molecule has 0 aromatic heterocycles. The Kier molecular flexibility index (Phi) is 47.3. The molecule has 0 aliphatic heterocycles. The van der Waals surface area contributed by atoms with E-state index in [1.165, 1.54) is 225 Å². The lowest BCUT2D eigenvalue weighted by Crippen LogP contribution is -2.37. The predicted molar refractivity (Wildman–Crippen MR) is 275 cm³/mol. The number of unbranched alkanes of at least 4 members (excludes halogenated alkanes) is 39. The summed E-state index contributed by atoms with van der Waals surface area (Å²) in [6.07, 6.45) is 53.0. The fourth-order valence-electron chi connectivity index (χ4n) is 8.49. The first-order chi connectivity index (χ1) is 31.5. The van der Waals surface area contributed by atoms with Crippen molar-refractivity contribution >= 4 is 19.8 Å². The number of phosphoric ester groups is 1. The zero-order valence-corrected chi connectivity index (χ0v) is 44.9. The van der Waals surface area contributed by atoms with E-state index in [0.717, 1.165) is 38.5 Å². The van der Waals surface area contributed by atoms with Crippen LogP contribution in [0.2, 0.25) is 0 Å². The lowest BCUT2D eigenvalue weighted by molar-refractivity contribution is -0.870. The predicted octanol–water partition coefficient (Wildman–Crippen LogP) is 17.1. The topological polar surface area (TPSA) is 108 Å². The van der Waals surface area contributed by atoms with Crippen LogP contribution in [0.5, 0.6) is 0 Å². The van der Waals surface area contributed by atoms with Gasteiger partial charge in [0.25, 0.3) is 0 Å². The molecule has 0 rings (SSSR count). The molecule has 65 heavy (non-hydrogen) atoms. The van der Waals surface area contributed by atoms with Gasteiger partial charge in [0, 0.05) is 12.8 Å². The molecule has 2 atom stereocenters. The summed E-state index contributed by atoms with van der Waals surface area (Å²) in [5, 5.41) is 0. The maximum atomic E-state index is 12.8. The summed E-state index contributed by atoms with van der Waals surface area (Å²) in [7, 11) is 1.50. The van der Waals surface area contributed by atoms with E-state index in [-0.39, 0.29) is 25.6 Å². The van der Waals surface area contributed by atoms with Crippen molar-refractivity contribution in [1.82, 2.24) is 0 Å². The number of carbonyl (C=O) groups excluding carboxylic acids is 2. The molecule has 0 aliphatic carbocycles. The summed E-state index contributed by atoms with van der Waals surface area (Å²) in [4.78, 5) is 35.6. The summed E-state index contributed by atoms with van der Waals surface area (Å²) in [6, 6.07) is 0. The van der Waals surface area contributed by atoms with Crippen molar-refractivity contribution in [3.05, 3.63) is 0 Å². The Bertz CT molecular complexity index is 1070. The van der Waals surface area contributed by atoms with E-state index in [0.29, 0.717) is 17.4 Å². The number of quaternary nitrogens is 1. The van der Waals surface area contributed by atoms with Gasteiger partial charge in [0.15, 0.2) is 6.10 Å². The third-order valence-corrected chi connectivity index (χ3v) is 13.9. The summed E-state index contributed by atoms with van der Waals surface area (Å²) in [6.45, 7) is 4.50. The molecule has 388 valence electrons. The highest BCUT2D eigenvalue weighted by molar-refractivity contribution is 7.47. The number of carbonyl (C=O) groups is 2. The zero-order valence-electron chi connectivity index (χ0n) is 44.0. The SMILES string of the molecule is CCCCCCCCCCCCCCCCCCCCCCCCC(=O)OC(COC(=O)CCCCCCCCCCCCCCCCCCCCC)COP(=O)(O)OCC[N+](C)(C)C. The van der Waals surface area contributed by atoms with Gasteiger partial charge in [-0.05, 0) is 12.8 Å². The normalized spacial score (nSPS) is 13.3. The summed E-state index contributed by atoms with van der Waals surface area (Å²) >= 11 is 0. The Morgan fingerprint density at radius 1 is 0.415 bits per heavy atom. The highest BCUT2D eigenvalue weighted by Crippen LogP contribution is 2.43. The number of rotatable bonds is 53. The molecule has 0 aliphatic rings. The van der Waals surface area contributed by atoms with Crippen molar-refractivity contribution < 1.29 is 42.1 Å². The van der Waals surface area contributed by atoms with E-state index in [9.17, 15) is 19.0 Å². The molecule has 0 aromatic rings. The first-order valence-electron chi connectivity index (χ1n) is 28.3. The molecule has 9 nitrogen and oxygen atoms in total. The van der Waals surface area contributed by atoms with Crippen LogP contribution in [0, 0.1) is 0 Å². The van der Waals surface area contributed by atoms with Gasteiger partial charge in [-0.25, -0.2) is 4.57 Å². The molecule has 2 unspecified atom stereocenters. The van der Waals surface area contributed by atoms with Gasteiger partial charge in [-0.1, -0.05) is 264 Å². The van der Waals surface area contributed by atoms with Crippen LogP contribution in [-0.2, 0) is 32.7 Å². The van der Waals surface area contributed by atoms with E-state index in [4.69, 9.17) is 18.5 Å². The third kappa shape index (κ3) is 52.2. The van der Waals surface area contributed by atoms with Gasteiger partial charge in [0.2, 0.25) is 0 Å². The van der Waals surface area contributed by atoms with Gasteiger partial charge in [-0.15, -0.1) is 0 Å². The fraction of sp³-hybridized carbons (Fsp3) is 0.964. The quantitative estimate of drug-likeness (QED) is 0.0278. The van der Waals surface area contributed by atoms with Crippen LogP contribution in [0.25, 0.3) is 0 Å². The van der Waals surface area contributed by atoms with Crippen LogP contribution >= 0.6 is 7.82 Å². The van der Waals surface area contributed by atoms with E-state index in [1.54, 1.807) is 0 Å². The number of esters is 2. The standard InChI is InChI=1S/C55H110NO8P/c1-6-8-10-12-14-16-18-20-22-24-26-27-28-30-32-34-36-38-40-42-44-46-48-55(58)64-53(52-63-65(59,60)62-50-49-56(3,4)5)51-61-54(57)47-45-43-41-39-37-35-33-31-29-25-23-21-19-17-15-13-11-9-7-2/h53H,6-52H2,1-5H3/p+1. The fourth-order valence-corrected chi connectivity index (χ4v) is 9.23. The Morgan fingerprint density at radius 2 is 0.692 bits per heavy atom. The minimum Gasteiger partial charge on any atom is -0.462 e. The number of ether oxygens (including phenoxy) is 2. The van der Waals surface area contributed by atoms with E-state index in [1.807, 2.05) is 21.1 Å². The number of nitrogens with zero attached hydrogens (tertiary/aromatic N) is 1. The summed E-state index contributed by atoms with van der Waals surface area (Å²) in [5.41, 5.74) is 0. The van der Waals surface area contributed by atoms with Crippen molar-refractivity contribution in [3.63, 3.8) is 0 Å². The Hall–Kier alpha value is -0.990. The molecular weight excluding hydrogens is 834 g/mol. The van der Waals surface area contributed by atoms with E-state index in [2.05, 4.69) is 13.8 Å². The van der Waals surface area contributed by atoms with Crippen LogP contribution in [0.15, 0.2) is 0 Å². The highest BCUT2D eigenvalue weighted by Gasteiger charge is 2.27. The minimum absolute atomic E-state index is 0.0374. The second-order valence-corrected chi connectivity index (χ2v) is 22.1. The van der Waals surface area contributed by atoms with Crippen LogP contribution in [0.3, 0.4) is 0 Å². The Labute approximate surface area is 404 Å². The number of likely N-dealkylation sites (N-methyl/N-ethyl adjacent to an activating group) is 1. The van der Waals surface area contributed by atoms with Gasteiger partial charge in [-0.2, -0.15) is 0 Å². The lowest BCUT2D eigenvalue weighted by atomic mass is 10.0. The van der Waals surface area contributed by atoms with Crippen molar-refractivity contribution in [2.24, 2.45) is 0 Å². The molecule has 0 saturated carbocycles. The van der Waals surface area contributed by atoms with Crippen LogP contribution in [0.1, 0.15) is 290 Å². The first-order valence-corrected chi connectivity index (χ1v) is 29.8. The van der Waals surface area contributed by atoms with Gasteiger partial charge in [0.05, 0.1) is 27.7 Å². The van der Waals surface area contributed by atoms with Crippen molar-refractivity contribution in [2.45, 2.75) is 296 Å². The van der Waals surface area contributed by atoms with E-state index >= 15 is 0 Å². The molecule has 0 amide bonds. The molecule has 0 saturated heterocycles. The summed E-state index contributed by atoms with van der Waals surface area (Å²) < 4.78 is 34.6. The van der Waals surface area contributed by atoms with Crippen molar-refractivity contribution in [2.75, 3.05) is 47.5 Å². The molecular formula is C55H111NO8P+. The molecule has 0 aromatic carbocycles. The molecule has 0 bridgehead atoms. The second kappa shape index (κ2) is 48.1. The monoisotopic (exact) mass is 945 g/mol. The zero-order chi connectivity index (χ0) is 47.8. The number of phosphoric acid groups is 1. The molecule has 1 N–H and O–H groups in total. The molecule has 0 spiro atoms. The van der Waals surface area contributed by atoms with Crippen molar-refractivity contribution in [3.8, 4) is 0 Å². The van der Waals surface area contributed by atoms with E-state index < -0.39 is 26.5 Å². The van der Waals surface area contributed by atoms with Gasteiger partial charge in [0.1, 0.15) is 19.8 Å². The minimum atomic E-state index is -4.38. The largest absolute Gasteiger partial charge is 0.472 e. The Balaban J connectivity index is 4.13. The highest BCUT2D eigenvalue weighted by atomic mass is 31.2. The maximum Gasteiger partial charge on any atom is 0.472 e. The lowest BCUT2D eigenvalue weighted by Gasteiger charge is -2.24.